The number of nitrogens with one attached hydrogen (secondary N) is 15. The Kier molecular flexibility index (Phi) is 39.4. The fourth-order valence-electron chi connectivity index (χ4n) is 15.2. The van der Waals surface area contributed by atoms with Gasteiger partial charge < -0.3 is 114 Å². The number of para-hydroxylation sites is 2. The van der Waals surface area contributed by atoms with Crippen LogP contribution in [0.2, 0.25) is 0 Å². The molecule has 12 atom stereocenters. The Hall–Kier alpha value is -12.8. The van der Waals surface area contributed by atoms with Crippen LogP contribution in [0.3, 0.4) is 0 Å². The number of nitrogens with two attached hydrogens (primary N) is 2. The van der Waals surface area contributed by atoms with Crippen LogP contribution in [0.1, 0.15) is 115 Å². The molecule has 129 heavy (non-hydrogen) atoms. The molecule has 1 unspecified atom stereocenters. The third-order valence-corrected chi connectivity index (χ3v) is 23.3. The van der Waals surface area contributed by atoms with Crippen molar-refractivity contribution in [1.82, 2.24) is 103 Å². The van der Waals surface area contributed by atoms with Crippen LogP contribution in [0.4, 0.5) is 0 Å². The van der Waals surface area contributed by atoms with E-state index in [0.717, 1.165) is 31.4 Å². The summed E-state index contributed by atoms with van der Waals surface area (Å²) in [4.78, 5) is 249. The summed E-state index contributed by atoms with van der Waals surface area (Å²) >= 11 is 0.951. The van der Waals surface area contributed by atoms with E-state index >= 15 is 4.79 Å². The number of amidine groups is 1. The predicted molar refractivity (Wildman–Crippen MR) is 478 cm³/mol. The van der Waals surface area contributed by atoms with Gasteiger partial charge in [-0.15, -0.1) is 11.8 Å². The first-order valence-corrected chi connectivity index (χ1v) is 44.2. The second kappa shape index (κ2) is 50.1. The number of aromatic amines is 3. The summed E-state index contributed by atoms with van der Waals surface area (Å²) < 4.78 is 6.05. The van der Waals surface area contributed by atoms with E-state index < -0.39 is 200 Å². The van der Waals surface area contributed by atoms with E-state index in [1.807, 2.05) is 6.92 Å². The lowest BCUT2D eigenvalue weighted by Gasteiger charge is -2.34. The topological polar surface area (TPSA) is 587 Å². The normalized spacial score (nSPS) is 23.4. The lowest BCUT2D eigenvalue weighted by atomic mass is 10.0. The highest BCUT2D eigenvalue weighted by molar-refractivity contribution is 8.00. The van der Waals surface area contributed by atoms with Gasteiger partial charge in [-0.3, -0.25) is 87.4 Å². The number of unbranched alkanes of at least 4 members (excludes halogenated alkanes) is 1. The first kappa shape index (κ1) is 102. The van der Waals surface area contributed by atoms with Gasteiger partial charge in [0.25, 0.3) is 0 Å². The molecule has 0 aliphatic carbocycles. The maximum Gasteiger partial charge on any atom is 0.246 e. The van der Waals surface area contributed by atoms with Crippen molar-refractivity contribution in [3.05, 3.63) is 126 Å². The number of nitrogens with zero attached hydrogens (tertiary/aromatic N) is 6. The molecule has 2 saturated heterocycles. The number of benzene rings is 3. The number of likely N-dealkylation sites (N-methyl/N-ethyl adjacent to an activating group) is 4. The van der Waals surface area contributed by atoms with Crippen LogP contribution in [-0.4, -0.2) is 315 Å². The third-order valence-electron chi connectivity index (χ3n) is 22.2. The standard InChI is InChI=1S/C87H123N23O18S/c1-10-11-28-71-87(127)107(7)42-74(114)98-56(23-19-30-92-52(5)88)45-128-49-97-69(78(118)95-41-73(90)113)46-129-47-76(116)100-65(33-53-21-13-12-14-22-53)84(124)108(8)51(4)77(117)102-67(37-72(89)112)86(126)110-31-20-29-70(110)82(122)101-63(36-57-40-91-48-96-57)80(120)103-64(32-50(2)3)83(123)106(6)43-75(115)99-62(34-54-38-93-60-26-17-15-24-58(54)60)79(119)105-68(44-111)81(121)104-66(85(125)109(71)9)35-55-39-94-61-27-18-16-25-59(55)61/h12-18,21-22,24-27,38-40,48,50-51,56,62-71,93-94,97,111H,10-11,19-20,23,28-37,41-47,49H2,1-9H3,(H2,88,92)(H2,89,112)(H2,90,113)(H,91,96)(H,95,118)(H,98,114)(H,99,115)(H,100,116)(H,101,122)(H,102,117)(H,103,120)(H,104,121)(H,105,119)/t51-,56-,62-,63-,64?,65-,66-,67-,68-,69-,70-,71-/m0/s1. The number of hydrogen-bond acceptors (Lipinski definition) is 22. The lowest BCUT2D eigenvalue weighted by molar-refractivity contribution is -0.147. The Morgan fingerprint density at radius 3 is 1.78 bits per heavy atom. The number of thioether (sulfide) groups is 1. The number of aromatic nitrogens is 4. The lowest BCUT2D eigenvalue weighted by Crippen LogP contribution is -2.60. The van der Waals surface area contributed by atoms with E-state index in [-0.39, 0.29) is 101 Å². The first-order valence-electron chi connectivity index (χ1n) is 43.0. The first-order chi connectivity index (χ1) is 61.5. The van der Waals surface area contributed by atoms with Crippen molar-refractivity contribution in [3.63, 3.8) is 0 Å². The molecule has 3 aromatic carbocycles. The van der Waals surface area contributed by atoms with Gasteiger partial charge in [-0.2, -0.15) is 0 Å². The molecule has 41 nitrogen and oxygen atoms in total. The van der Waals surface area contributed by atoms with Gasteiger partial charge in [-0.05, 0) is 87.1 Å². The third kappa shape index (κ3) is 30.7. The Balaban J connectivity index is 1.12. The number of rotatable bonds is 23. The largest absolute Gasteiger partial charge is 0.394 e. The van der Waals surface area contributed by atoms with Crippen LogP contribution in [0.5, 0.6) is 0 Å². The number of amides is 16. The van der Waals surface area contributed by atoms with Gasteiger partial charge in [0.05, 0.1) is 76.0 Å². The van der Waals surface area contributed by atoms with Crippen LogP contribution < -0.4 is 70.0 Å². The molecule has 0 saturated carbocycles. The summed E-state index contributed by atoms with van der Waals surface area (Å²) in [5.41, 5.74) is 14.5. The minimum atomic E-state index is -1.81. The minimum absolute atomic E-state index is 0.0164. The molecule has 42 heteroatoms. The molecule has 0 radical (unpaired) electrons. The van der Waals surface area contributed by atoms with Crippen LogP contribution in [0.25, 0.3) is 21.8 Å². The van der Waals surface area contributed by atoms with E-state index in [4.69, 9.17) is 21.6 Å². The van der Waals surface area contributed by atoms with Gasteiger partial charge in [0.1, 0.15) is 60.4 Å². The fraction of sp³-hybridized carbons (Fsp3) is 0.517. The van der Waals surface area contributed by atoms with Gasteiger partial charge in [-0.1, -0.05) is 100 Å². The highest BCUT2D eigenvalue weighted by Gasteiger charge is 2.43. The molecule has 2 aliphatic rings. The van der Waals surface area contributed by atoms with E-state index in [0.29, 0.717) is 70.0 Å². The van der Waals surface area contributed by atoms with Crippen molar-refractivity contribution < 1.29 is 86.6 Å². The number of aliphatic hydroxyl groups excluding tert-OH is 1. The van der Waals surface area contributed by atoms with E-state index in [1.54, 1.807) is 112 Å². The molecule has 2 aliphatic heterocycles. The smallest absolute Gasteiger partial charge is 0.246 e. The molecule has 8 rings (SSSR count). The molecule has 0 bridgehead atoms. The summed E-state index contributed by atoms with van der Waals surface area (Å²) in [7, 11) is 5.34. The Morgan fingerprint density at radius 1 is 0.605 bits per heavy atom. The average molecular weight is 1810 g/mol. The number of aliphatic hydroxyl groups is 1. The second-order valence-electron chi connectivity index (χ2n) is 32.9. The van der Waals surface area contributed by atoms with Gasteiger partial charge in [0.2, 0.25) is 94.5 Å². The van der Waals surface area contributed by atoms with Crippen LogP contribution >= 0.6 is 11.8 Å². The van der Waals surface area contributed by atoms with Crippen molar-refractivity contribution in [2.24, 2.45) is 17.4 Å². The molecular formula is C87H123N23O18S. The van der Waals surface area contributed by atoms with Crippen molar-refractivity contribution in [1.29, 1.82) is 5.41 Å². The second-order valence-corrected chi connectivity index (χ2v) is 33.9. The quantitative estimate of drug-likeness (QED) is 0.0185. The van der Waals surface area contributed by atoms with E-state index in [9.17, 15) is 77.0 Å². The van der Waals surface area contributed by atoms with E-state index in [2.05, 4.69) is 78.4 Å². The molecule has 2 fully saturated rings. The SMILES string of the molecule is CCCC[C@H]1C(=O)N(C)CC(=O)N[C@@H](CCCNC(C)=N)COCN[C@H](C(=O)NCC(N)=O)CSCC(=O)N[C@@H](Cc2ccccc2)C(=O)N(C)[C@@H](C)C(=O)N[C@@H](CC(N)=O)C(=O)N2CCC[C@H]2C(=O)N[C@@H](Cc2cnc[nH]2)C(=O)NC(CC(C)C)C(=O)N(C)CC(=O)N[C@@H](Cc2c[nH]c3ccccc23)C(=O)N[C@@H](CO)C(=O)N[C@@H](Cc2c[nH]c3ccccc23)C(=O)N1C. The average Bonchev–Trinajstić information content (AvgIpc) is 1.72. The van der Waals surface area contributed by atoms with E-state index in [1.165, 1.54) is 52.5 Å². The summed E-state index contributed by atoms with van der Waals surface area (Å²) in [5, 5.41) is 50.4. The molecule has 16 amide bonds. The molecule has 20 N–H and O–H groups in total. The molecule has 0 spiro atoms. The highest BCUT2D eigenvalue weighted by atomic mass is 32.2. The molecule has 700 valence electrons. The number of carbonyl (C=O) groups is 16. The van der Waals surface area contributed by atoms with Crippen molar-refractivity contribution in [3.8, 4) is 0 Å². The number of carbonyl (C=O) groups excluding carboxylic acids is 16. The summed E-state index contributed by atoms with van der Waals surface area (Å²) in [6, 6.07) is 6.15. The summed E-state index contributed by atoms with van der Waals surface area (Å²) in [6.07, 6.45) is 6.43. The monoisotopic (exact) mass is 1810 g/mol. The number of primary amides is 2. The van der Waals surface area contributed by atoms with Crippen molar-refractivity contribution >= 4 is 134 Å². The number of ether oxygens (including phenoxy) is 1. The van der Waals surface area contributed by atoms with Crippen molar-refractivity contribution in [2.45, 2.75) is 191 Å². The Morgan fingerprint density at radius 2 is 1.17 bits per heavy atom. The van der Waals surface area contributed by atoms with Crippen molar-refractivity contribution in [2.75, 3.05) is 92.4 Å². The minimum Gasteiger partial charge on any atom is -0.394 e. The molecule has 6 aromatic rings. The fourth-order valence-corrected chi connectivity index (χ4v) is 16.1. The maximum absolute atomic E-state index is 15.4. The number of hydrogen-bond donors (Lipinski definition) is 18. The summed E-state index contributed by atoms with van der Waals surface area (Å²) in [5.74, 6) is -14.1. The van der Waals surface area contributed by atoms with Gasteiger partial charge in [0.15, 0.2) is 0 Å². The van der Waals surface area contributed by atoms with Crippen LogP contribution in [-0.2, 0) is 107 Å². The molecular weight excluding hydrogens is 1690 g/mol. The van der Waals surface area contributed by atoms with Crippen LogP contribution in [0.15, 0.2) is 104 Å². The maximum atomic E-state index is 15.4. The number of fused-ring (bicyclic) bond motifs is 3. The summed E-state index contributed by atoms with van der Waals surface area (Å²) in [6.45, 7) is 5.14. The number of imidazole rings is 1. The Labute approximate surface area is 751 Å². The van der Waals surface area contributed by atoms with Gasteiger partial charge in [0, 0.05) is 119 Å². The molecule has 3 aromatic heterocycles. The van der Waals surface area contributed by atoms with Gasteiger partial charge >= 0.3 is 0 Å². The van der Waals surface area contributed by atoms with Gasteiger partial charge in [-0.25, -0.2) is 4.98 Å². The number of H-pyrrole nitrogens is 3. The highest BCUT2D eigenvalue weighted by Crippen LogP contribution is 2.25. The zero-order valence-electron chi connectivity index (χ0n) is 74.2. The Bertz CT molecular complexity index is 4890. The zero-order chi connectivity index (χ0) is 94.1. The van der Waals surface area contributed by atoms with Crippen LogP contribution in [0, 0.1) is 11.3 Å². The predicted octanol–water partition coefficient (Wildman–Crippen LogP) is -2.15. The molecule has 5 heterocycles. The zero-order valence-corrected chi connectivity index (χ0v) is 75.0.